The molecule has 0 saturated carbocycles. The number of nitrogens with two attached hydrogens (primary N) is 2. The lowest BCUT2D eigenvalue weighted by Gasteiger charge is -2.42. The van der Waals surface area contributed by atoms with Crippen molar-refractivity contribution in [1.82, 2.24) is 9.31 Å². The summed E-state index contributed by atoms with van der Waals surface area (Å²) in [5.41, 5.74) is 4.83. The molecular weight excluding hydrogens is 398 g/mol. The number of carbonyl (C=O) groups is 1. The molecule has 1 aromatic carbocycles. The minimum absolute atomic E-state index is 0.202. The maximum absolute atomic E-state index is 13.3. The van der Waals surface area contributed by atoms with Crippen LogP contribution in [0.2, 0.25) is 0 Å². The molecule has 1 amide bonds. The molecule has 2 aliphatic heterocycles. The number of ether oxygens (including phenoxy) is 2. The second kappa shape index (κ2) is 6.77. The molecule has 4 N–H and O–H groups in total. The minimum atomic E-state index is -3.92. The highest BCUT2D eigenvalue weighted by molar-refractivity contribution is 7.90. The molecule has 3 rings (SSSR count). The van der Waals surface area contributed by atoms with Crippen molar-refractivity contribution in [3.05, 3.63) is 23.8 Å². The van der Waals surface area contributed by atoms with Gasteiger partial charge in [0.15, 0.2) is 0 Å². The van der Waals surface area contributed by atoms with Crippen LogP contribution in [0.25, 0.3) is 0 Å². The Morgan fingerprint density at radius 3 is 2.69 bits per heavy atom. The number of anilines is 1. The van der Waals surface area contributed by atoms with Gasteiger partial charge in [-0.1, -0.05) is 0 Å². The SMILES string of the molecule is CN1C(N(N)C(=O)OC(C)(C)C)=N[C@]2(C)c3cc(N)ccc3OCC[C@@H]2S1(=O)=O. The van der Waals surface area contributed by atoms with E-state index in [0.717, 1.165) is 4.31 Å². The Labute approximate surface area is 170 Å². The number of benzene rings is 1. The number of carbonyl (C=O) groups excluding carboxylic acids is 1. The third-order valence-electron chi connectivity index (χ3n) is 4.97. The number of nitrogens with zero attached hydrogens (tertiary/aromatic N) is 3. The number of amides is 1. The van der Waals surface area contributed by atoms with Gasteiger partial charge >= 0.3 is 6.09 Å². The quantitative estimate of drug-likeness (QED) is 0.277. The summed E-state index contributed by atoms with van der Waals surface area (Å²) in [6.07, 6.45) is -0.705. The molecule has 2 heterocycles. The molecule has 10 nitrogen and oxygen atoms in total. The Morgan fingerprint density at radius 1 is 1.41 bits per heavy atom. The zero-order valence-corrected chi connectivity index (χ0v) is 18.0. The van der Waals surface area contributed by atoms with Crippen molar-refractivity contribution in [3.63, 3.8) is 0 Å². The molecule has 0 saturated heterocycles. The summed E-state index contributed by atoms with van der Waals surface area (Å²) in [5, 5.41) is -0.305. The smallest absolute Gasteiger partial charge is 0.431 e. The fourth-order valence-electron chi connectivity index (χ4n) is 3.55. The summed E-state index contributed by atoms with van der Waals surface area (Å²) < 4.78 is 38.6. The van der Waals surface area contributed by atoms with E-state index in [9.17, 15) is 13.2 Å². The normalized spacial score (nSPS) is 25.7. The number of hydrazine groups is 1. The number of sulfonamides is 1. The van der Waals surface area contributed by atoms with Crippen LogP contribution in [-0.4, -0.2) is 54.3 Å². The highest BCUT2D eigenvalue weighted by Crippen LogP contribution is 2.46. The van der Waals surface area contributed by atoms with Gasteiger partial charge in [-0.15, -0.1) is 0 Å². The van der Waals surface area contributed by atoms with Crippen LogP contribution < -0.4 is 16.3 Å². The topological polar surface area (TPSA) is 141 Å². The van der Waals surface area contributed by atoms with E-state index in [1.807, 2.05) is 0 Å². The van der Waals surface area contributed by atoms with E-state index in [0.29, 0.717) is 22.0 Å². The van der Waals surface area contributed by atoms with E-state index in [1.54, 1.807) is 45.9 Å². The molecule has 29 heavy (non-hydrogen) atoms. The summed E-state index contributed by atoms with van der Waals surface area (Å²) in [7, 11) is -2.61. The van der Waals surface area contributed by atoms with Gasteiger partial charge in [-0.2, -0.15) is 5.01 Å². The van der Waals surface area contributed by atoms with Gasteiger partial charge in [-0.25, -0.2) is 28.4 Å². The fraction of sp³-hybridized carbons (Fsp3) is 0.556. The van der Waals surface area contributed by atoms with Crippen molar-refractivity contribution in [2.45, 2.75) is 50.5 Å². The van der Waals surface area contributed by atoms with Crippen molar-refractivity contribution < 1.29 is 22.7 Å². The number of nitrogen functional groups attached to an aromatic ring is 1. The van der Waals surface area contributed by atoms with Gasteiger partial charge in [-0.3, -0.25) is 0 Å². The summed E-state index contributed by atoms with van der Waals surface area (Å²) in [6, 6.07) is 5.00. The molecule has 0 aliphatic carbocycles. The highest BCUT2D eigenvalue weighted by atomic mass is 32.2. The summed E-state index contributed by atoms with van der Waals surface area (Å²) in [6.45, 7) is 6.92. The van der Waals surface area contributed by atoms with Crippen molar-refractivity contribution >= 4 is 27.8 Å². The number of hydrogen-bond acceptors (Lipinski definition) is 8. The predicted molar refractivity (Wildman–Crippen MR) is 108 cm³/mol. The van der Waals surface area contributed by atoms with E-state index in [4.69, 9.17) is 21.1 Å². The van der Waals surface area contributed by atoms with Crippen LogP contribution >= 0.6 is 0 Å². The molecule has 2 atom stereocenters. The molecule has 0 radical (unpaired) electrons. The van der Waals surface area contributed by atoms with E-state index < -0.39 is 32.5 Å². The predicted octanol–water partition coefficient (Wildman–Crippen LogP) is 1.38. The van der Waals surface area contributed by atoms with Crippen LogP contribution in [0.3, 0.4) is 0 Å². The average molecular weight is 426 g/mol. The number of guanidine groups is 1. The van der Waals surface area contributed by atoms with E-state index in [-0.39, 0.29) is 19.0 Å². The molecule has 2 aliphatic rings. The average Bonchev–Trinajstić information content (AvgIpc) is 2.74. The second-order valence-corrected chi connectivity index (χ2v) is 10.5. The lowest BCUT2D eigenvalue weighted by Crippen LogP contribution is -2.61. The molecule has 11 heteroatoms. The van der Waals surface area contributed by atoms with E-state index >= 15 is 0 Å². The van der Waals surface area contributed by atoms with Crippen LogP contribution in [0.5, 0.6) is 5.75 Å². The van der Waals surface area contributed by atoms with Crippen molar-refractivity contribution in [3.8, 4) is 5.75 Å². The second-order valence-electron chi connectivity index (χ2n) is 8.30. The molecule has 1 aromatic rings. The van der Waals surface area contributed by atoms with Gasteiger partial charge in [-0.05, 0) is 45.9 Å². The Hall–Kier alpha value is -2.53. The molecule has 0 bridgehead atoms. The highest BCUT2D eigenvalue weighted by Gasteiger charge is 2.54. The Balaban J connectivity index is 2.18. The number of fused-ring (bicyclic) bond motifs is 3. The first-order valence-corrected chi connectivity index (χ1v) is 10.7. The van der Waals surface area contributed by atoms with Crippen LogP contribution in [-0.2, 0) is 20.3 Å². The van der Waals surface area contributed by atoms with Crippen LogP contribution in [0.1, 0.15) is 39.7 Å². The molecular formula is C18H27N5O5S. The van der Waals surface area contributed by atoms with Crippen molar-refractivity contribution in [2.75, 3.05) is 19.4 Å². The van der Waals surface area contributed by atoms with Crippen molar-refractivity contribution in [1.29, 1.82) is 0 Å². The molecule has 0 spiro atoms. The van der Waals surface area contributed by atoms with E-state index in [2.05, 4.69) is 4.99 Å². The van der Waals surface area contributed by atoms with Gasteiger partial charge in [0.05, 0.1) is 6.61 Å². The number of hydrogen-bond donors (Lipinski definition) is 2. The Bertz CT molecular complexity index is 971. The first-order valence-electron chi connectivity index (χ1n) is 9.15. The third-order valence-corrected chi connectivity index (χ3v) is 7.31. The van der Waals surface area contributed by atoms with Gasteiger partial charge in [0.1, 0.15) is 22.1 Å². The first kappa shape index (κ1) is 21.2. The maximum Gasteiger partial charge on any atom is 0.431 e. The van der Waals surface area contributed by atoms with Gasteiger partial charge in [0.25, 0.3) is 0 Å². The van der Waals surface area contributed by atoms with Gasteiger partial charge < -0.3 is 15.2 Å². The number of aliphatic imine (C=N–C) groups is 1. The largest absolute Gasteiger partial charge is 0.493 e. The zero-order valence-electron chi connectivity index (χ0n) is 17.2. The fourth-order valence-corrected chi connectivity index (χ4v) is 5.44. The Morgan fingerprint density at radius 2 is 2.07 bits per heavy atom. The molecule has 0 fully saturated rings. The van der Waals surface area contributed by atoms with Crippen LogP contribution in [0.4, 0.5) is 10.5 Å². The van der Waals surface area contributed by atoms with E-state index in [1.165, 1.54) is 7.05 Å². The molecule has 0 aromatic heterocycles. The van der Waals surface area contributed by atoms with Crippen LogP contribution in [0.15, 0.2) is 23.2 Å². The monoisotopic (exact) mass is 425 g/mol. The maximum atomic E-state index is 13.3. The lowest BCUT2D eigenvalue weighted by atomic mass is 9.87. The summed E-state index contributed by atoms with van der Waals surface area (Å²) >= 11 is 0. The van der Waals surface area contributed by atoms with Gasteiger partial charge in [0, 0.05) is 24.7 Å². The lowest BCUT2D eigenvalue weighted by molar-refractivity contribution is 0.0354. The van der Waals surface area contributed by atoms with Crippen LogP contribution in [0, 0.1) is 0 Å². The minimum Gasteiger partial charge on any atom is -0.493 e. The zero-order chi connectivity index (χ0) is 21.8. The summed E-state index contributed by atoms with van der Waals surface area (Å²) in [5.74, 6) is 6.20. The standard InChI is InChI=1S/C18H27N5O5S/c1-17(2,3)28-16(24)23(20)15-21-18(4)12-10-11(19)6-7-13(12)27-9-8-14(18)29(25,26)22(15)5/h6-7,10,14H,8-9,19-20H2,1-5H3/t14-,18+/m0/s1. The Kier molecular flexibility index (Phi) is 4.94. The summed E-state index contributed by atoms with van der Waals surface area (Å²) in [4.78, 5) is 17.1. The third kappa shape index (κ3) is 3.60. The number of rotatable bonds is 0. The van der Waals surface area contributed by atoms with Crippen molar-refractivity contribution in [2.24, 2.45) is 10.8 Å². The molecule has 0 unspecified atom stereocenters. The first-order chi connectivity index (χ1) is 13.3. The van der Waals surface area contributed by atoms with Gasteiger partial charge in [0.2, 0.25) is 16.0 Å². The molecule has 160 valence electrons.